The van der Waals surface area contributed by atoms with Crippen molar-refractivity contribution in [1.29, 1.82) is 0 Å². The highest BCUT2D eigenvalue weighted by Gasteiger charge is 2.33. The molecule has 31 heavy (non-hydrogen) atoms. The van der Waals surface area contributed by atoms with E-state index in [1.807, 2.05) is 25.1 Å². The summed E-state index contributed by atoms with van der Waals surface area (Å²) in [6.45, 7) is 3.37. The Kier molecular flexibility index (Phi) is 7.25. The molecule has 0 bridgehead atoms. The second kappa shape index (κ2) is 9.89. The summed E-state index contributed by atoms with van der Waals surface area (Å²) in [6.07, 6.45) is 1.62. The first-order valence-electron chi connectivity index (χ1n) is 9.65. The average molecular weight is 456 g/mol. The molecular weight excluding hydrogens is 434 g/mol. The van der Waals surface area contributed by atoms with E-state index in [0.717, 1.165) is 0 Å². The first kappa shape index (κ1) is 22.7. The van der Waals surface area contributed by atoms with Crippen LogP contribution in [0, 0.1) is 0 Å². The summed E-state index contributed by atoms with van der Waals surface area (Å²) in [7, 11) is 0. The Morgan fingerprint density at radius 3 is 2.48 bits per heavy atom. The quantitative estimate of drug-likeness (QED) is 0.464. The predicted molar refractivity (Wildman–Crippen MR) is 125 cm³/mol. The molecule has 1 saturated heterocycles. The van der Waals surface area contributed by atoms with Crippen LogP contribution >= 0.6 is 24.0 Å². The van der Waals surface area contributed by atoms with Gasteiger partial charge in [-0.25, -0.2) is 0 Å². The number of carbonyl (C=O) groups excluding carboxylic acids is 2. The summed E-state index contributed by atoms with van der Waals surface area (Å²) in [4.78, 5) is 37.5. The first-order chi connectivity index (χ1) is 14.8. The monoisotopic (exact) mass is 455 g/mol. The fraction of sp³-hybridized carbons (Fsp3) is 0.217. The molecule has 1 atom stereocenters. The lowest BCUT2D eigenvalue weighted by Gasteiger charge is -2.16. The van der Waals surface area contributed by atoms with Crippen molar-refractivity contribution in [2.75, 3.05) is 4.90 Å². The van der Waals surface area contributed by atoms with Gasteiger partial charge in [-0.05, 0) is 43.2 Å². The number of benzene rings is 2. The molecule has 6 nitrogen and oxygen atoms in total. The number of carboxylic acids is 1. The summed E-state index contributed by atoms with van der Waals surface area (Å²) in [5.41, 5.74) is 1.89. The van der Waals surface area contributed by atoms with Crippen molar-refractivity contribution in [2.24, 2.45) is 0 Å². The van der Waals surface area contributed by atoms with Crippen LogP contribution in [0.4, 0.5) is 5.69 Å². The summed E-state index contributed by atoms with van der Waals surface area (Å²) in [5, 5.41) is 8.90. The van der Waals surface area contributed by atoms with Crippen LogP contribution in [-0.4, -0.2) is 33.2 Å². The molecule has 160 valence electrons. The maximum absolute atomic E-state index is 13.0. The smallest absolute Gasteiger partial charge is 0.307 e. The molecule has 0 aromatic heterocycles. The summed E-state index contributed by atoms with van der Waals surface area (Å²) >= 11 is 6.59. The van der Waals surface area contributed by atoms with Crippen LogP contribution in [0.3, 0.4) is 0 Å². The molecule has 1 N–H and O–H groups in total. The molecule has 8 heteroatoms. The lowest BCUT2D eigenvalue weighted by Crippen LogP contribution is -2.27. The van der Waals surface area contributed by atoms with Gasteiger partial charge in [-0.1, -0.05) is 61.2 Å². The number of thiocarbonyl (C=S) groups is 1. The normalized spacial score (nSPS) is 15.9. The van der Waals surface area contributed by atoms with Crippen molar-refractivity contribution >= 4 is 57.7 Å². The highest BCUT2D eigenvalue weighted by Crippen LogP contribution is 2.37. The van der Waals surface area contributed by atoms with Crippen LogP contribution in [-0.2, 0) is 20.8 Å². The predicted octanol–water partition coefficient (Wildman–Crippen LogP) is 4.47. The number of thioether (sulfide) groups is 1. The van der Waals surface area contributed by atoms with E-state index < -0.39 is 12.1 Å². The van der Waals surface area contributed by atoms with Crippen LogP contribution in [0.25, 0.3) is 6.08 Å². The van der Waals surface area contributed by atoms with Gasteiger partial charge in [0.05, 0.1) is 17.0 Å². The maximum Gasteiger partial charge on any atom is 0.307 e. The van der Waals surface area contributed by atoms with Crippen molar-refractivity contribution < 1.29 is 24.2 Å². The Morgan fingerprint density at radius 1 is 1.19 bits per heavy atom. The average Bonchev–Trinajstić information content (AvgIpc) is 3.00. The van der Waals surface area contributed by atoms with Gasteiger partial charge in [-0.3, -0.25) is 19.3 Å². The van der Waals surface area contributed by atoms with Crippen molar-refractivity contribution in [3.63, 3.8) is 0 Å². The Morgan fingerprint density at radius 2 is 1.87 bits per heavy atom. The van der Waals surface area contributed by atoms with Crippen molar-refractivity contribution in [2.45, 2.75) is 32.8 Å². The van der Waals surface area contributed by atoms with Crippen molar-refractivity contribution in [3.05, 3.63) is 64.6 Å². The standard InChI is InChI=1S/C23H21NO5S2/c1-3-18(14(2)25)29-19-7-5-4-6-16(19)13-20-22(28)24(23(30)31-20)17-10-8-15(9-11-17)12-21(26)27/h4-11,13,18H,3,12H2,1-2H3,(H,26,27)/b20-13-. The second-order valence-electron chi connectivity index (χ2n) is 6.92. The van der Waals surface area contributed by atoms with E-state index in [0.29, 0.717) is 38.2 Å². The van der Waals surface area contributed by atoms with Crippen LogP contribution in [0.5, 0.6) is 5.75 Å². The van der Waals surface area contributed by atoms with E-state index >= 15 is 0 Å². The van der Waals surface area contributed by atoms with Gasteiger partial charge in [0.2, 0.25) is 0 Å². The minimum atomic E-state index is -0.919. The molecule has 0 aliphatic carbocycles. The van der Waals surface area contributed by atoms with Gasteiger partial charge in [0.25, 0.3) is 5.91 Å². The number of ketones is 1. The highest BCUT2D eigenvalue weighted by atomic mass is 32.2. The van der Waals surface area contributed by atoms with Crippen molar-refractivity contribution in [3.8, 4) is 5.75 Å². The van der Waals surface area contributed by atoms with Gasteiger partial charge >= 0.3 is 5.97 Å². The third kappa shape index (κ3) is 5.39. The van der Waals surface area contributed by atoms with Gasteiger partial charge < -0.3 is 9.84 Å². The minimum absolute atomic E-state index is 0.0602. The number of Topliss-reactive ketones (excluding diaryl/α,β-unsaturated/α-hetero) is 1. The molecule has 1 fully saturated rings. The van der Waals surface area contributed by atoms with Crippen LogP contribution < -0.4 is 9.64 Å². The van der Waals surface area contributed by atoms with Crippen LogP contribution in [0.15, 0.2) is 53.4 Å². The minimum Gasteiger partial charge on any atom is -0.482 e. The van der Waals surface area contributed by atoms with Gasteiger partial charge in [0.15, 0.2) is 16.2 Å². The number of anilines is 1. The summed E-state index contributed by atoms with van der Waals surface area (Å²) in [6, 6.07) is 13.9. The molecule has 3 rings (SSSR count). The molecule has 1 aliphatic rings. The van der Waals surface area contributed by atoms with Gasteiger partial charge in [-0.15, -0.1) is 0 Å². The molecule has 0 spiro atoms. The molecule has 0 saturated carbocycles. The fourth-order valence-corrected chi connectivity index (χ4v) is 4.37. The Hall–Kier alpha value is -2.97. The number of carbonyl (C=O) groups is 3. The van der Waals surface area contributed by atoms with E-state index in [-0.39, 0.29) is 18.1 Å². The van der Waals surface area contributed by atoms with E-state index in [1.165, 1.54) is 23.6 Å². The lowest BCUT2D eigenvalue weighted by atomic mass is 10.1. The number of ether oxygens (including phenoxy) is 1. The van der Waals surface area contributed by atoms with Crippen LogP contribution in [0.1, 0.15) is 31.4 Å². The summed E-state index contributed by atoms with van der Waals surface area (Å²) < 4.78 is 6.26. The molecule has 2 aromatic rings. The van der Waals surface area contributed by atoms with Crippen molar-refractivity contribution in [1.82, 2.24) is 0 Å². The lowest BCUT2D eigenvalue weighted by molar-refractivity contribution is -0.136. The number of hydrogen-bond acceptors (Lipinski definition) is 6. The van der Waals surface area contributed by atoms with Gasteiger partial charge in [0, 0.05) is 5.56 Å². The number of amides is 1. The molecule has 0 radical (unpaired) electrons. The third-order valence-corrected chi connectivity index (χ3v) is 5.94. The number of nitrogens with zero attached hydrogens (tertiary/aromatic N) is 1. The fourth-order valence-electron chi connectivity index (χ4n) is 3.08. The summed E-state index contributed by atoms with van der Waals surface area (Å²) in [5.74, 6) is -0.727. The Bertz CT molecular complexity index is 1060. The largest absolute Gasteiger partial charge is 0.482 e. The second-order valence-corrected chi connectivity index (χ2v) is 8.59. The van der Waals surface area contributed by atoms with E-state index in [4.69, 9.17) is 22.1 Å². The maximum atomic E-state index is 13.0. The number of carboxylic acid groups (broad SMARTS) is 1. The van der Waals surface area contributed by atoms with E-state index in [1.54, 1.807) is 36.4 Å². The zero-order valence-electron chi connectivity index (χ0n) is 17.0. The molecule has 1 aliphatic heterocycles. The number of para-hydroxylation sites is 1. The number of aliphatic carboxylic acids is 1. The van der Waals surface area contributed by atoms with Gasteiger partial charge in [-0.2, -0.15) is 0 Å². The topological polar surface area (TPSA) is 83.9 Å². The third-order valence-electron chi connectivity index (χ3n) is 4.64. The molecule has 2 aromatic carbocycles. The Labute approximate surface area is 189 Å². The van der Waals surface area contributed by atoms with E-state index in [9.17, 15) is 14.4 Å². The molecule has 1 unspecified atom stereocenters. The molecule has 1 heterocycles. The zero-order valence-corrected chi connectivity index (χ0v) is 18.7. The SMILES string of the molecule is CCC(Oc1ccccc1/C=C1\SC(=S)N(c2ccc(CC(=O)O)cc2)C1=O)C(C)=O. The Balaban J connectivity index is 1.86. The zero-order chi connectivity index (χ0) is 22.5. The number of hydrogen-bond donors (Lipinski definition) is 1. The van der Waals surface area contributed by atoms with E-state index in [2.05, 4.69) is 0 Å². The number of rotatable bonds is 8. The molecular formula is C23H21NO5S2. The van der Waals surface area contributed by atoms with Gasteiger partial charge in [0.1, 0.15) is 5.75 Å². The highest BCUT2D eigenvalue weighted by molar-refractivity contribution is 8.27. The first-order valence-corrected chi connectivity index (χ1v) is 10.9. The molecule has 1 amide bonds. The van der Waals surface area contributed by atoms with Crippen LogP contribution in [0.2, 0.25) is 0 Å².